The minimum atomic E-state index is -0.348. The first-order valence-corrected chi connectivity index (χ1v) is 6.37. The first-order chi connectivity index (χ1) is 10.2. The van der Waals surface area contributed by atoms with Gasteiger partial charge in [0.2, 0.25) is 0 Å². The molecule has 1 aliphatic heterocycles. The van der Waals surface area contributed by atoms with Gasteiger partial charge in [0.05, 0.1) is 31.0 Å². The summed E-state index contributed by atoms with van der Waals surface area (Å²) < 4.78 is 10.4. The van der Waals surface area contributed by atoms with Gasteiger partial charge >= 0.3 is 0 Å². The Morgan fingerprint density at radius 1 is 0.857 bits per heavy atom. The number of carbonyl (C=O) groups excluding carboxylic acids is 2. The van der Waals surface area contributed by atoms with Crippen LogP contribution in [0.1, 0.15) is 20.7 Å². The van der Waals surface area contributed by atoms with Crippen LogP contribution in [0.2, 0.25) is 0 Å². The van der Waals surface area contributed by atoms with Gasteiger partial charge in [-0.05, 0) is 24.3 Å². The lowest BCUT2D eigenvalue weighted by Crippen LogP contribution is -2.29. The molecule has 5 nitrogen and oxygen atoms in total. The third-order valence-electron chi connectivity index (χ3n) is 3.42. The monoisotopic (exact) mass is 283 g/mol. The van der Waals surface area contributed by atoms with E-state index in [9.17, 15) is 9.59 Å². The molecule has 0 radical (unpaired) electrons. The molecule has 1 heterocycles. The summed E-state index contributed by atoms with van der Waals surface area (Å²) in [7, 11) is 3.02. The second-order valence-electron chi connectivity index (χ2n) is 4.53. The predicted octanol–water partition coefficient (Wildman–Crippen LogP) is 2.50. The normalized spacial score (nSPS) is 13.3. The summed E-state index contributed by atoms with van der Waals surface area (Å²) >= 11 is 0. The third-order valence-corrected chi connectivity index (χ3v) is 3.42. The minimum absolute atomic E-state index is 0.348. The zero-order chi connectivity index (χ0) is 15.0. The first-order valence-electron chi connectivity index (χ1n) is 6.37. The highest BCUT2D eigenvalue weighted by Gasteiger charge is 2.37. The van der Waals surface area contributed by atoms with Crippen molar-refractivity contribution in [3.05, 3.63) is 53.6 Å². The highest BCUT2D eigenvalue weighted by atomic mass is 16.5. The van der Waals surface area contributed by atoms with Crippen molar-refractivity contribution in [2.75, 3.05) is 19.1 Å². The topological polar surface area (TPSA) is 55.8 Å². The zero-order valence-corrected chi connectivity index (χ0v) is 11.6. The highest BCUT2D eigenvalue weighted by molar-refractivity contribution is 6.34. The van der Waals surface area contributed by atoms with Crippen molar-refractivity contribution < 1.29 is 19.1 Å². The quantitative estimate of drug-likeness (QED) is 0.812. The maximum absolute atomic E-state index is 12.4. The molecule has 0 atom stereocenters. The van der Waals surface area contributed by atoms with Crippen LogP contribution in [0, 0.1) is 0 Å². The van der Waals surface area contributed by atoms with E-state index in [4.69, 9.17) is 9.47 Å². The summed E-state index contributed by atoms with van der Waals surface area (Å²) in [4.78, 5) is 26.0. The molecule has 5 heteroatoms. The molecule has 0 bridgehead atoms. The van der Waals surface area contributed by atoms with Gasteiger partial charge in [-0.3, -0.25) is 9.59 Å². The molecule has 0 fully saturated rings. The van der Waals surface area contributed by atoms with E-state index >= 15 is 0 Å². The number of imide groups is 1. The van der Waals surface area contributed by atoms with Gasteiger partial charge in [0.15, 0.2) is 0 Å². The number of rotatable bonds is 3. The number of fused-ring (bicyclic) bond motifs is 1. The number of anilines is 1. The van der Waals surface area contributed by atoms with Crippen LogP contribution >= 0.6 is 0 Å². The van der Waals surface area contributed by atoms with Crippen LogP contribution in [0.25, 0.3) is 0 Å². The molecule has 21 heavy (non-hydrogen) atoms. The first kappa shape index (κ1) is 13.2. The summed E-state index contributed by atoms with van der Waals surface area (Å²) in [6, 6.07) is 11.7. The second kappa shape index (κ2) is 4.94. The number of carbonyl (C=O) groups is 2. The molecule has 1 aliphatic rings. The fourth-order valence-electron chi connectivity index (χ4n) is 2.38. The Kier molecular flexibility index (Phi) is 3.10. The van der Waals surface area contributed by atoms with Crippen LogP contribution in [0.15, 0.2) is 42.5 Å². The molecule has 0 saturated heterocycles. The number of hydrogen-bond donors (Lipinski definition) is 0. The van der Waals surface area contributed by atoms with E-state index in [-0.39, 0.29) is 11.8 Å². The largest absolute Gasteiger partial charge is 0.497 e. The molecule has 3 rings (SSSR count). The van der Waals surface area contributed by atoms with E-state index in [1.165, 1.54) is 14.2 Å². The lowest BCUT2D eigenvalue weighted by molar-refractivity contribution is 0.0925. The van der Waals surface area contributed by atoms with Crippen LogP contribution in [-0.2, 0) is 0 Å². The standard InChI is InChI=1S/C16H13NO4/c1-20-10-7-8-13(14(9-10)21-2)17-15(18)11-5-3-4-6-12(11)16(17)19/h3-9H,1-2H3. The maximum atomic E-state index is 12.4. The van der Waals surface area contributed by atoms with Gasteiger partial charge in [-0.1, -0.05) is 12.1 Å². The summed E-state index contributed by atoms with van der Waals surface area (Å²) in [5.41, 5.74) is 1.21. The molecule has 0 saturated carbocycles. The summed E-state index contributed by atoms with van der Waals surface area (Å²) in [6.45, 7) is 0. The molecule has 0 aromatic heterocycles. The Bertz CT molecular complexity index is 704. The third kappa shape index (κ3) is 1.94. The average molecular weight is 283 g/mol. The van der Waals surface area contributed by atoms with Crippen molar-refractivity contribution in [2.45, 2.75) is 0 Å². The van der Waals surface area contributed by atoms with E-state index in [0.29, 0.717) is 28.3 Å². The van der Waals surface area contributed by atoms with E-state index in [2.05, 4.69) is 0 Å². The Balaban J connectivity index is 2.11. The number of ether oxygens (including phenoxy) is 2. The van der Waals surface area contributed by atoms with Crippen molar-refractivity contribution in [1.29, 1.82) is 0 Å². The summed E-state index contributed by atoms with van der Waals surface area (Å²) in [6.07, 6.45) is 0. The summed E-state index contributed by atoms with van der Waals surface area (Å²) in [5, 5.41) is 0. The Morgan fingerprint density at radius 3 is 2.00 bits per heavy atom. The van der Waals surface area contributed by atoms with Crippen molar-refractivity contribution in [1.82, 2.24) is 0 Å². The Hall–Kier alpha value is -2.82. The van der Waals surface area contributed by atoms with Crippen molar-refractivity contribution in [3.8, 4) is 11.5 Å². The highest BCUT2D eigenvalue weighted by Crippen LogP contribution is 2.36. The lowest BCUT2D eigenvalue weighted by atomic mass is 10.1. The number of methoxy groups -OCH3 is 2. The zero-order valence-electron chi connectivity index (χ0n) is 11.6. The van der Waals surface area contributed by atoms with Gasteiger partial charge in [-0.25, -0.2) is 4.90 Å². The summed E-state index contributed by atoms with van der Waals surface area (Å²) in [5.74, 6) is 0.300. The van der Waals surface area contributed by atoms with Gasteiger partial charge in [-0.15, -0.1) is 0 Å². The molecule has 0 aliphatic carbocycles. The Morgan fingerprint density at radius 2 is 1.48 bits per heavy atom. The molecule has 0 N–H and O–H groups in total. The van der Waals surface area contributed by atoms with Crippen molar-refractivity contribution in [2.24, 2.45) is 0 Å². The van der Waals surface area contributed by atoms with Crippen LogP contribution in [-0.4, -0.2) is 26.0 Å². The van der Waals surface area contributed by atoms with Gasteiger partial charge in [0.1, 0.15) is 11.5 Å². The lowest BCUT2D eigenvalue weighted by Gasteiger charge is -2.17. The fraction of sp³-hybridized carbons (Fsp3) is 0.125. The van der Waals surface area contributed by atoms with E-state index < -0.39 is 0 Å². The van der Waals surface area contributed by atoms with Crippen LogP contribution < -0.4 is 14.4 Å². The number of amides is 2. The number of benzene rings is 2. The number of nitrogens with zero attached hydrogens (tertiary/aromatic N) is 1. The molecule has 106 valence electrons. The Labute approximate surface area is 121 Å². The molecular formula is C16H13NO4. The molecule has 0 unspecified atom stereocenters. The predicted molar refractivity (Wildman–Crippen MR) is 77.1 cm³/mol. The maximum Gasteiger partial charge on any atom is 0.266 e. The van der Waals surface area contributed by atoms with E-state index in [0.717, 1.165) is 4.90 Å². The van der Waals surface area contributed by atoms with Gasteiger partial charge < -0.3 is 9.47 Å². The molecule has 2 amide bonds. The molecule has 0 spiro atoms. The van der Waals surface area contributed by atoms with Crippen LogP contribution in [0.3, 0.4) is 0 Å². The van der Waals surface area contributed by atoms with Crippen molar-refractivity contribution in [3.63, 3.8) is 0 Å². The average Bonchev–Trinajstić information content (AvgIpc) is 2.79. The molecular weight excluding hydrogens is 270 g/mol. The second-order valence-corrected chi connectivity index (χ2v) is 4.53. The SMILES string of the molecule is COc1ccc(N2C(=O)c3ccccc3C2=O)c(OC)c1. The van der Waals surface area contributed by atoms with Crippen LogP contribution in [0.4, 0.5) is 5.69 Å². The molecule has 2 aromatic carbocycles. The number of hydrogen-bond acceptors (Lipinski definition) is 4. The van der Waals surface area contributed by atoms with Gasteiger partial charge in [-0.2, -0.15) is 0 Å². The smallest absolute Gasteiger partial charge is 0.266 e. The van der Waals surface area contributed by atoms with Gasteiger partial charge in [0, 0.05) is 6.07 Å². The van der Waals surface area contributed by atoms with Gasteiger partial charge in [0.25, 0.3) is 11.8 Å². The molecule has 2 aromatic rings. The van der Waals surface area contributed by atoms with E-state index in [1.807, 2.05) is 0 Å². The minimum Gasteiger partial charge on any atom is -0.497 e. The fourth-order valence-corrected chi connectivity index (χ4v) is 2.38. The van der Waals surface area contributed by atoms with E-state index in [1.54, 1.807) is 42.5 Å². The van der Waals surface area contributed by atoms with Crippen LogP contribution in [0.5, 0.6) is 11.5 Å². The van der Waals surface area contributed by atoms with Crippen molar-refractivity contribution >= 4 is 17.5 Å².